The number of ether oxygens (including phenoxy) is 1. The normalized spacial score (nSPS) is 10.7. The summed E-state index contributed by atoms with van der Waals surface area (Å²) in [6, 6.07) is 74.5. The van der Waals surface area contributed by atoms with Crippen molar-refractivity contribution >= 4 is 141 Å². The minimum atomic E-state index is -1.03. The van der Waals surface area contributed by atoms with Crippen molar-refractivity contribution in [1.29, 1.82) is 0 Å². The van der Waals surface area contributed by atoms with Crippen LogP contribution in [0.4, 0.5) is 11.4 Å². The van der Waals surface area contributed by atoms with E-state index in [2.05, 4.69) is 26.6 Å². The lowest BCUT2D eigenvalue weighted by atomic mass is 9.96. The number of aromatic carboxylic acids is 3. The molecule has 0 aliphatic heterocycles. The third-order valence-electron chi connectivity index (χ3n) is 16.3. The van der Waals surface area contributed by atoms with Crippen LogP contribution in [-0.4, -0.2) is 58.1 Å². The monoisotopic (exact) mass is 1400 g/mol. The Morgan fingerprint density at radius 2 is 0.660 bits per heavy atom. The molecule has 0 saturated heterocycles. The molecule has 97 heavy (non-hydrogen) atoms. The van der Waals surface area contributed by atoms with E-state index in [1.54, 1.807) is 62.4 Å². The van der Waals surface area contributed by atoms with Gasteiger partial charge in [-0.2, -0.15) is 0 Å². The fraction of sp³-hybridized carbons (Fsp3) is 0.0617. The molecule has 5 N–H and O–H groups in total. The largest absolute Gasteiger partial charge is 0.478 e. The molecule has 0 aliphatic rings. The molecule has 0 aliphatic carbocycles. The molecule has 12 nitrogen and oxygen atoms in total. The van der Waals surface area contributed by atoms with Crippen molar-refractivity contribution in [2.45, 2.75) is 27.7 Å². The van der Waals surface area contributed by atoms with E-state index in [1.807, 2.05) is 208 Å². The Bertz CT molecular complexity index is 5290. The number of esters is 1. The zero-order valence-electron chi connectivity index (χ0n) is 52.8. The van der Waals surface area contributed by atoms with E-state index >= 15 is 0 Å². The molecular weight excluding hydrogens is 1350 g/mol. The minimum absolute atomic E-state index is 0.165. The number of carboxylic acid groups (broad SMARTS) is 3. The highest BCUT2D eigenvalue weighted by Gasteiger charge is 2.22. The van der Waals surface area contributed by atoms with Crippen LogP contribution in [0.5, 0.6) is 0 Å². The zero-order valence-corrected chi connectivity index (χ0v) is 56.7. The maximum atomic E-state index is 13.5. The molecule has 0 aromatic heterocycles. The molecule has 482 valence electrons. The number of hydrogen-bond donors (Lipinski definition) is 5. The number of carbonyl (C=O) groups excluding carboxylic acids is 3. The third-order valence-corrected chi connectivity index (χ3v) is 17.5. The van der Waals surface area contributed by atoms with Crippen LogP contribution >= 0.6 is 50.7 Å². The first-order valence-corrected chi connectivity index (χ1v) is 32.2. The van der Waals surface area contributed by atoms with Gasteiger partial charge in [-0.15, -0.1) is 0 Å². The number of aryl methyl sites for hydroxylation is 2. The van der Waals surface area contributed by atoms with Gasteiger partial charge in [-0.05, 0) is 223 Å². The van der Waals surface area contributed by atoms with E-state index in [0.29, 0.717) is 65.4 Å². The standard InChI is InChI=1S/C27H22ClNO3.C26H20ClNO3.C17H11ClO2.C11H7BrO2/c1-16-11-12-22(27(31)32-3)17(2)25(16)29-26(30)24-15-20(18-8-6-9-21(28)14-18)13-19-7-4-5-10-23(19)24;1-15-10-11-21(26(30)31)16(2)24(15)28-25(29)23-14-19(17-7-5-8-20(27)13-17)12-18-6-3-4-9-22(18)23;18-14-6-3-5-11(9-14)13-8-12-4-1-2-7-15(12)16(10-13)17(19)20;12-8-5-7-3-1-2-4-9(7)10(6-8)11(13)14/h4-15H,1-3H3,(H,29,30);3-14H,1-2H3,(H,28,29)(H,30,31);1-10H,(H,19,20);1-6H,(H,13,14). The highest BCUT2D eigenvalue weighted by atomic mass is 79.9. The van der Waals surface area contributed by atoms with Gasteiger partial charge in [0.05, 0.1) is 29.4 Å². The van der Waals surface area contributed by atoms with Crippen LogP contribution in [0.2, 0.25) is 15.1 Å². The van der Waals surface area contributed by atoms with Crippen molar-refractivity contribution in [3.05, 3.63) is 318 Å². The first kappa shape index (κ1) is 68.9. The van der Waals surface area contributed by atoms with Gasteiger partial charge >= 0.3 is 23.9 Å². The number of methoxy groups -OCH3 is 1. The van der Waals surface area contributed by atoms with Crippen LogP contribution in [-0.2, 0) is 4.74 Å². The molecule has 0 saturated carbocycles. The number of benzene rings is 13. The average molecular weight is 1410 g/mol. The van der Waals surface area contributed by atoms with Crippen molar-refractivity contribution in [1.82, 2.24) is 0 Å². The lowest BCUT2D eigenvalue weighted by molar-refractivity contribution is 0.0597. The fourth-order valence-electron chi connectivity index (χ4n) is 11.4. The Morgan fingerprint density at radius 1 is 0.340 bits per heavy atom. The van der Waals surface area contributed by atoms with Gasteiger partial charge in [0, 0.05) is 42.0 Å². The van der Waals surface area contributed by atoms with Crippen molar-refractivity contribution < 1.29 is 48.8 Å². The maximum Gasteiger partial charge on any atom is 0.338 e. The van der Waals surface area contributed by atoms with Gasteiger partial charge in [0.1, 0.15) is 0 Å². The van der Waals surface area contributed by atoms with Gasteiger partial charge < -0.3 is 30.7 Å². The number of nitrogens with one attached hydrogen (secondary N) is 2. The minimum Gasteiger partial charge on any atom is -0.478 e. The van der Waals surface area contributed by atoms with Gasteiger partial charge in [0.2, 0.25) is 0 Å². The summed E-state index contributed by atoms with van der Waals surface area (Å²) < 4.78 is 5.66. The highest BCUT2D eigenvalue weighted by molar-refractivity contribution is 9.10. The lowest BCUT2D eigenvalue weighted by Crippen LogP contribution is -2.16. The number of halogens is 4. The Balaban J connectivity index is 0.000000146. The first-order valence-electron chi connectivity index (χ1n) is 30.2. The highest BCUT2D eigenvalue weighted by Crippen LogP contribution is 2.35. The molecule has 13 aromatic carbocycles. The Hall–Kier alpha value is -10.9. The van der Waals surface area contributed by atoms with Gasteiger partial charge in [0.15, 0.2) is 0 Å². The predicted octanol–water partition coefficient (Wildman–Crippen LogP) is 21.7. The Morgan fingerprint density at radius 3 is 1.02 bits per heavy atom. The SMILES string of the molecule is COC(=O)c1ccc(C)c(NC(=O)c2cc(-c3cccc(Cl)c3)cc3ccccc23)c1C.Cc1ccc(C(=O)O)c(C)c1NC(=O)c1cc(-c2cccc(Cl)c2)cc2ccccc12.O=C(O)c1cc(-c2cccc(Cl)c2)cc2ccccc12.O=C(O)c1cc(Br)cc2ccccc12. The number of rotatable bonds is 11. The number of amides is 2. The summed E-state index contributed by atoms with van der Waals surface area (Å²) >= 11 is 21.7. The van der Waals surface area contributed by atoms with E-state index < -0.39 is 23.9 Å². The summed E-state index contributed by atoms with van der Waals surface area (Å²) in [5, 5.41) is 42.5. The molecule has 13 aromatic rings. The number of anilines is 2. The van der Waals surface area contributed by atoms with Crippen molar-refractivity contribution in [3.8, 4) is 33.4 Å². The molecule has 0 spiro atoms. The molecule has 13 rings (SSSR count). The number of hydrogen-bond acceptors (Lipinski definition) is 7. The number of carboxylic acids is 3. The van der Waals surface area contributed by atoms with Crippen LogP contribution in [0.3, 0.4) is 0 Å². The molecule has 0 atom stereocenters. The van der Waals surface area contributed by atoms with Crippen molar-refractivity contribution in [3.63, 3.8) is 0 Å². The van der Waals surface area contributed by atoms with E-state index in [-0.39, 0.29) is 17.4 Å². The summed E-state index contributed by atoms with van der Waals surface area (Å²) in [6.07, 6.45) is 0. The van der Waals surface area contributed by atoms with Crippen LogP contribution in [0.1, 0.15) is 84.4 Å². The Labute approximate surface area is 582 Å². The van der Waals surface area contributed by atoms with Crippen LogP contribution < -0.4 is 10.6 Å². The molecule has 0 bridgehead atoms. The molecular formula is C81H60BrCl3N2O10. The topological polar surface area (TPSA) is 196 Å². The second-order valence-electron chi connectivity index (χ2n) is 22.6. The molecule has 16 heteroatoms. The van der Waals surface area contributed by atoms with Gasteiger partial charge in [-0.25, -0.2) is 19.2 Å². The maximum absolute atomic E-state index is 13.5. The number of fused-ring (bicyclic) bond motifs is 4. The summed E-state index contributed by atoms with van der Waals surface area (Å²) in [5.41, 5.74) is 11.6. The number of carbonyl (C=O) groups is 6. The molecule has 0 radical (unpaired) electrons. The first-order chi connectivity index (χ1) is 46.6. The Kier molecular flexibility index (Phi) is 21.8. The third kappa shape index (κ3) is 16.1. The summed E-state index contributed by atoms with van der Waals surface area (Å²) in [4.78, 5) is 72.9. The summed E-state index contributed by atoms with van der Waals surface area (Å²) in [7, 11) is 1.34. The quantitative estimate of drug-likeness (QED) is 0.0777. The smallest absolute Gasteiger partial charge is 0.338 e. The van der Waals surface area contributed by atoms with Crippen LogP contribution in [0, 0.1) is 27.7 Å². The zero-order chi connectivity index (χ0) is 69.2. The average Bonchev–Trinajstić information content (AvgIpc) is 0.789. The van der Waals surface area contributed by atoms with E-state index in [0.717, 1.165) is 92.1 Å². The fourth-order valence-corrected chi connectivity index (χ4v) is 12.5. The second kappa shape index (κ2) is 30.6. The van der Waals surface area contributed by atoms with E-state index in [1.165, 1.54) is 7.11 Å². The van der Waals surface area contributed by atoms with E-state index in [4.69, 9.17) is 44.6 Å². The van der Waals surface area contributed by atoms with Crippen molar-refractivity contribution in [2.24, 2.45) is 0 Å². The van der Waals surface area contributed by atoms with Crippen LogP contribution in [0.25, 0.3) is 76.5 Å². The molecule has 0 fully saturated rings. The van der Waals surface area contributed by atoms with Gasteiger partial charge in [0.25, 0.3) is 11.8 Å². The van der Waals surface area contributed by atoms with Gasteiger partial charge in [-0.3, -0.25) is 9.59 Å². The summed E-state index contributed by atoms with van der Waals surface area (Å²) in [5.74, 6) is -3.84. The second-order valence-corrected chi connectivity index (χ2v) is 24.8. The predicted molar refractivity (Wildman–Crippen MR) is 395 cm³/mol. The van der Waals surface area contributed by atoms with Gasteiger partial charge in [-0.1, -0.05) is 196 Å². The lowest BCUT2D eigenvalue weighted by Gasteiger charge is -2.16. The van der Waals surface area contributed by atoms with E-state index in [9.17, 15) is 39.0 Å². The summed E-state index contributed by atoms with van der Waals surface area (Å²) in [6.45, 7) is 7.24. The molecule has 0 heterocycles. The van der Waals surface area contributed by atoms with Crippen LogP contribution in [0.15, 0.2) is 247 Å². The van der Waals surface area contributed by atoms with Crippen molar-refractivity contribution in [2.75, 3.05) is 17.7 Å². The molecule has 0 unspecified atom stereocenters. The molecule has 2 amide bonds.